The summed E-state index contributed by atoms with van der Waals surface area (Å²) in [4.78, 5) is 4.14. The fraction of sp³-hybridized carbons (Fsp3) is 0.211. The highest BCUT2D eigenvalue weighted by Crippen LogP contribution is 2.46. The van der Waals surface area contributed by atoms with Gasteiger partial charge in [0.15, 0.2) is 11.5 Å². The van der Waals surface area contributed by atoms with Crippen LogP contribution in [0.5, 0.6) is 0 Å². The Labute approximate surface area is 181 Å². The van der Waals surface area contributed by atoms with E-state index in [1.54, 1.807) is 5.38 Å². The van der Waals surface area contributed by atoms with Crippen molar-refractivity contribution in [3.8, 4) is 33.2 Å². The van der Waals surface area contributed by atoms with E-state index in [1.807, 2.05) is 0 Å². The number of halogens is 5. The first kappa shape index (κ1) is 21.5. The Hall–Kier alpha value is -2.76. The van der Waals surface area contributed by atoms with E-state index in [0.717, 1.165) is 23.6 Å². The number of aliphatic hydroxyl groups is 1. The predicted octanol–water partition coefficient (Wildman–Crippen LogP) is 5.52. The number of aliphatic hydroxyl groups excluding tert-OH is 1. The van der Waals surface area contributed by atoms with Crippen molar-refractivity contribution in [3.63, 3.8) is 0 Å². The minimum Gasteiger partial charge on any atom is -0.391 e. The molecule has 1 atom stereocenters. The van der Waals surface area contributed by atoms with Crippen LogP contribution >= 0.6 is 22.9 Å². The Bertz CT molecular complexity index is 1200. The molecule has 12 heteroatoms. The fourth-order valence-corrected chi connectivity index (χ4v) is 4.09. The van der Waals surface area contributed by atoms with E-state index in [4.69, 9.17) is 16.1 Å². The molecule has 162 valence electrons. The van der Waals surface area contributed by atoms with E-state index in [-0.39, 0.29) is 39.2 Å². The molecule has 1 aromatic carbocycles. The summed E-state index contributed by atoms with van der Waals surface area (Å²) in [6.45, 7) is 0.955. The van der Waals surface area contributed by atoms with Crippen molar-refractivity contribution in [2.45, 2.75) is 25.7 Å². The van der Waals surface area contributed by atoms with Crippen molar-refractivity contribution >= 4 is 22.9 Å². The van der Waals surface area contributed by atoms with Crippen LogP contribution < -0.4 is 0 Å². The van der Waals surface area contributed by atoms with Crippen LogP contribution in [0.3, 0.4) is 0 Å². The molecule has 3 aromatic heterocycles. The monoisotopic (exact) mass is 472 g/mol. The second-order valence-corrected chi connectivity index (χ2v) is 7.91. The Balaban J connectivity index is 2.00. The molecule has 0 aliphatic carbocycles. The summed E-state index contributed by atoms with van der Waals surface area (Å²) in [7, 11) is 0. The summed E-state index contributed by atoms with van der Waals surface area (Å²) >= 11 is 7.27. The minimum atomic E-state index is -4.82. The zero-order chi connectivity index (χ0) is 22.3. The molecule has 31 heavy (non-hydrogen) atoms. The number of alkyl halides is 3. The molecule has 1 N–H and O–H groups in total. The van der Waals surface area contributed by atoms with Crippen molar-refractivity contribution in [1.29, 1.82) is 0 Å². The topological polar surface area (TPSA) is 77.0 Å². The molecular weight excluding hydrogens is 460 g/mol. The summed E-state index contributed by atoms with van der Waals surface area (Å²) in [6, 6.07) is 3.98. The number of hydrogen-bond donors (Lipinski definition) is 1. The van der Waals surface area contributed by atoms with Gasteiger partial charge < -0.3 is 9.63 Å². The molecule has 6 nitrogen and oxygen atoms in total. The Morgan fingerprint density at radius 1 is 1.29 bits per heavy atom. The molecule has 3 heterocycles. The molecule has 4 aromatic rings. The summed E-state index contributed by atoms with van der Waals surface area (Å²) in [5.41, 5.74) is -1.68. The summed E-state index contributed by atoms with van der Waals surface area (Å²) < 4.78 is 62.3. The molecule has 0 saturated heterocycles. The van der Waals surface area contributed by atoms with E-state index in [1.165, 1.54) is 25.3 Å². The Morgan fingerprint density at radius 3 is 2.68 bits per heavy atom. The standard InChI is InChI=1S/C19H13ClF4N4O2S/c1-9(29)8-28-17(19(22,23)24)10(7-26-28)16-14(18-25-5-6-31-18)15(27-30-16)13-11(20)3-2-4-12(13)21/h2-7,9,29H,8H2,1H3/t9-/m1/s1. The third kappa shape index (κ3) is 3.95. The highest BCUT2D eigenvalue weighted by Gasteiger charge is 2.41. The molecule has 4 rings (SSSR count). The van der Waals surface area contributed by atoms with Crippen LogP contribution in [0.2, 0.25) is 5.02 Å². The van der Waals surface area contributed by atoms with Gasteiger partial charge in [0.25, 0.3) is 0 Å². The molecule has 0 bridgehead atoms. The lowest BCUT2D eigenvalue weighted by Crippen LogP contribution is -2.20. The number of aromatic nitrogens is 4. The van der Waals surface area contributed by atoms with Crippen LogP contribution in [0.15, 0.2) is 40.5 Å². The van der Waals surface area contributed by atoms with E-state index in [9.17, 15) is 22.7 Å². The van der Waals surface area contributed by atoms with Gasteiger partial charge in [-0.15, -0.1) is 11.3 Å². The number of nitrogens with zero attached hydrogens (tertiary/aromatic N) is 4. The van der Waals surface area contributed by atoms with E-state index < -0.39 is 29.4 Å². The van der Waals surface area contributed by atoms with Gasteiger partial charge in [-0.05, 0) is 19.1 Å². The molecule has 0 fully saturated rings. The van der Waals surface area contributed by atoms with Crippen molar-refractivity contribution in [3.05, 3.63) is 52.5 Å². The SMILES string of the molecule is C[C@@H](O)Cn1ncc(-c2onc(-c3c(F)cccc3Cl)c2-c2nccs2)c1C(F)(F)F. The predicted molar refractivity (Wildman–Crippen MR) is 106 cm³/mol. The average molecular weight is 473 g/mol. The largest absolute Gasteiger partial charge is 0.433 e. The molecule has 0 aliphatic rings. The molecule has 0 unspecified atom stereocenters. The highest BCUT2D eigenvalue weighted by atomic mass is 35.5. The zero-order valence-corrected chi connectivity index (χ0v) is 17.3. The number of benzene rings is 1. The van der Waals surface area contributed by atoms with Crippen molar-refractivity contribution in [2.75, 3.05) is 0 Å². The van der Waals surface area contributed by atoms with Gasteiger partial charge in [-0.3, -0.25) is 4.68 Å². The van der Waals surface area contributed by atoms with Crippen LogP contribution in [-0.2, 0) is 12.7 Å². The second-order valence-electron chi connectivity index (χ2n) is 6.60. The van der Waals surface area contributed by atoms with Crippen LogP contribution in [0.1, 0.15) is 12.6 Å². The van der Waals surface area contributed by atoms with Gasteiger partial charge in [-0.2, -0.15) is 18.3 Å². The van der Waals surface area contributed by atoms with Gasteiger partial charge in [0.1, 0.15) is 16.5 Å². The summed E-state index contributed by atoms with van der Waals surface area (Å²) in [5, 5.41) is 19.1. The average Bonchev–Trinajstić information content (AvgIpc) is 3.38. The maximum atomic E-state index is 14.6. The van der Waals surface area contributed by atoms with Crippen molar-refractivity contribution in [1.82, 2.24) is 19.9 Å². The lowest BCUT2D eigenvalue weighted by molar-refractivity contribution is -0.144. The molecular formula is C19H13ClF4N4O2S. The van der Waals surface area contributed by atoms with Crippen molar-refractivity contribution < 1.29 is 27.2 Å². The summed E-state index contributed by atoms with van der Waals surface area (Å²) in [5.74, 6) is -1.00. The van der Waals surface area contributed by atoms with Gasteiger partial charge >= 0.3 is 6.18 Å². The quantitative estimate of drug-likeness (QED) is 0.387. The van der Waals surface area contributed by atoms with Gasteiger partial charge in [-0.25, -0.2) is 9.37 Å². The van der Waals surface area contributed by atoms with Crippen LogP contribution in [-0.4, -0.2) is 31.1 Å². The first-order valence-electron chi connectivity index (χ1n) is 8.83. The number of hydrogen-bond acceptors (Lipinski definition) is 6. The van der Waals surface area contributed by atoms with E-state index in [2.05, 4.69) is 15.2 Å². The molecule has 0 amide bonds. The Morgan fingerprint density at radius 2 is 2.06 bits per heavy atom. The van der Waals surface area contributed by atoms with Crippen LogP contribution in [0.25, 0.3) is 33.2 Å². The molecule has 0 aliphatic heterocycles. The normalized spacial score (nSPS) is 13.0. The third-order valence-electron chi connectivity index (χ3n) is 4.33. The van der Waals surface area contributed by atoms with Gasteiger partial charge in [-0.1, -0.05) is 22.8 Å². The van der Waals surface area contributed by atoms with E-state index in [0.29, 0.717) is 4.68 Å². The van der Waals surface area contributed by atoms with Gasteiger partial charge in [0.05, 0.1) is 40.6 Å². The lowest BCUT2D eigenvalue weighted by Gasteiger charge is -2.13. The molecule has 0 saturated carbocycles. The van der Waals surface area contributed by atoms with Gasteiger partial charge in [0.2, 0.25) is 0 Å². The summed E-state index contributed by atoms with van der Waals surface area (Å²) in [6.07, 6.45) is -3.47. The lowest BCUT2D eigenvalue weighted by atomic mass is 10.0. The third-order valence-corrected chi connectivity index (χ3v) is 5.43. The zero-order valence-electron chi connectivity index (χ0n) is 15.7. The molecule has 0 radical (unpaired) electrons. The van der Waals surface area contributed by atoms with Gasteiger partial charge in [0, 0.05) is 11.6 Å². The number of thiazole rings is 1. The van der Waals surface area contributed by atoms with Crippen LogP contribution in [0, 0.1) is 5.82 Å². The highest BCUT2D eigenvalue weighted by molar-refractivity contribution is 7.13. The fourth-order valence-electron chi connectivity index (χ4n) is 3.15. The smallest absolute Gasteiger partial charge is 0.391 e. The maximum Gasteiger partial charge on any atom is 0.433 e. The first-order chi connectivity index (χ1) is 14.7. The van der Waals surface area contributed by atoms with E-state index >= 15 is 0 Å². The maximum absolute atomic E-state index is 14.6. The Kier molecular flexibility index (Phi) is 5.58. The number of rotatable bonds is 5. The minimum absolute atomic E-state index is 0.0125. The second kappa shape index (κ2) is 8.06. The van der Waals surface area contributed by atoms with Crippen molar-refractivity contribution in [2.24, 2.45) is 0 Å². The van der Waals surface area contributed by atoms with Crippen LogP contribution in [0.4, 0.5) is 17.6 Å². The first-order valence-corrected chi connectivity index (χ1v) is 10.1. The molecule has 0 spiro atoms.